The van der Waals surface area contributed by atoms with Gasteiger partial charge < -0.3 is 25.1 Å². The van der Waals surface area contributed by atoms with E-state index in [-0.39, 0.29) is 4.90 Å². The Morgan fingerprint density at radius 3 is 2.71 bits per heavy atom. The number of sulfonamides is 1. The van der Waals surface area contributed by atoms with Crippen molar-refractivity contribution in [2.45, 2.75) is 30.2 Å². The van der Waals surface area contributed by atoms with Gasteiger partial charge >= 0.3 is 0 Å². The average molecular weight is 483 g/mol. The molecule has 11 heteroatoms. The zero-order valence-corrected chi connectivity index (χ0v) is 19.6. The molecular formula is C23H26N6O4S. The lowest BCUT2D eigenvalue weighted by Crippen LogP contribution is -2.40. The predicted molar refractivity (Wildman–Crippen MR) is 128 cm³/mol. The van der Waals surface area contributed by atoms with Crippen molar-refractivity contribution in [3.05, 3.63) is 36.0 Å². The summed E-state index contributed by atoms with van der Waals surface area (Å²) in [5.74, 6) is 0.927. The first-order chi connectivity index (χ1) is 16.5. The van der Waals surface area contributed by atoms with Crippen molar-refractivity contribution in [3.8, 4) is 11.8 Å². The van der Waals surface area contributed by atoms with Gasteiger partial charge in [-0.15, -0.1) is 0 Å². The highest BCUT2D eigenvalue weighted by atomic mass is 32.2. The number of nitriles is 1. The fourth-order valence-corrected chi connectivity index (χ4v) is 5.61. The molecular weight excluding hydrogens is 456 g/mol. The normalized spacial score (nSPS) is 17.2. The maximum absolute atomic E-state index is 13.0. The largest absolute Gasteiger partial charge is 0.495 e. The Morgan fingerprint density at radius 1 is 1.24 bits per heavy atom. The number of ether oxygens (including phenoxy) is 2. The van der Waals surface area contributed by atoms with Crippen molar-refractivity contribution in [1.82, 2.24) is 14.3 Å². The second kappa shape index (κ2) is 9.13. The van der Waals surface area contributed by atoms with E-state index in [1.54, 1.807) is 18.3 Å². The fraction of sp³-hybridized carbons (Fsp3) is 0.391. The summed E-state index contributed by atoms with van der Waals surface area (Å²) >= 11 is 0. The lowest BCUT2D eigenvalue weighted by molar-refractivity contribution is 0.0730. The number of aromatic nitrogens is 2. The molecule has 1 aromatic carbocycles. The van der Waals surface area contributed by atoms with E-state index < -0.39 is 10.0 Å². The maximum atomic E-state index is 13.0. The average Bonchev–Trinajstić information content (AvgIpc) is 3.25. The third kappa shape index (κ3) is 4.16. The molecule has 0 atom stereocenters. The van der Waals surface area contributed by atoms with E-state index in [9.17, 15) is 13.7 Å². The van der Waals surface area contributed by atoms with Crippen LogP contribution in [0.5, 0.6) is 5.75 Å². The Labute approximate surface area is 197 Å². The molecule has 0 amide bonds. The molecule has 2 aromatic heterocycles. The van der Waals surface area contributed by atoms with Crippen molar-refractivity contribution >= 4 is 38.2 Å². The van der Waals surface area contributed by atoms with Gasteiger partial charge in [0.2, 0.25) is 10.0 Å². The van der Waals surface area contributed by atoms with Crippen LogP contribution in [0.1, 0.15) is 24.8 Å². The third-order valence-electron chi connectivity index (χ3n) is 6.27. The molecule has 3 N–H and O–H groups in total. The van der Waals surface area contributed by atoms with Crippen LogP contribution in [0.15, 0.2) is 35.4 Å². The summed E-state index contributed by atoms with van der Waals surface area (Å²) in [6, 6.07) is 9.20. The number of methoxy groups -OCH3 is 1. The molecule has 1 aliphatic heterocycles. The number of H-pyrrole nitrogens is 1. The van der Waals surface area contributed by atoms with E-state index >= 15 is 0 Å². The minimum atomic E-state index is -3.65. The van der Waals surface area contributed by atoms with Gasteiger partial charge in [-0.3, -0.25) is 0 Å². The van der Waals surface area contributed by atoms with Crippen LogP contribution >= 0.6 is 0 Å². The maximum Gasteiger partial charge on any atom is 0.243 e. The number of nitrogens with one attached hydrogen (secondary N) is 3. The number of nitrogens with zero attached hydrogens (tertiary/aromatic N) is 3. The predicted octanol–water partition coefficient (Wildman–Crippen LogP) is 3.17. The molecule has 1 aliphatic carbocycles. The lowest BCUT2D eigenvalue weighted by atomic mass is 9.93. The van der Waals surface area contributed by atoms with Gasteiger partial charge in [0.15, 0.2) is 0 Å². The van der Waals surface area contributed by atoms with Crippen LogP contribution in [-0.4, -0.2) is 62.1 Å². The number of aromatic amines is 1. The quantitative estimate of drug-likeness (QED) is 0.468. The van der Waals surface area contributed by atoms with Crippen molar-refractivity contribution in [2.75, 3.05) is 44.0 Å². The molecule has 5 rings (SSSR count). The number of hydrogen-bond acceptors (Lipinski definition) is 8. The van der Waals surface area contributed by atoms with Crippen molar-refractivity contribution < 1.29 is 17.9 Å². The summed E-state index contributed by atoms with van der Waals surface area (Å²) in [6.07, 6.45) is 5.02. The van der Waals surface area contributed by atoms with E-state index in [4.69, 9.17) is 9.47 Å². The minimum absolute atomic E-state index is 0.163. The smallest absolute Gasteiger partial charge is 0.243 e. The molecule has 178 valence electrons. The monoisotopic (exact) mass is 482 g/mol. The van der Waals surface area contributed by atoms with Crippen LogP contribution in [0.4, 0.5) is 17.2 Å². The van der Waals surface area contributed by atoms with Crippen molar-refractivity contribution in [2.24, 2.45) is 0 Å². The van der Waals surface area contributed by atoms with Gasteiger partial charge in [0.25, 0.3) is 0 Å². The number of benzene rings is 1. The Kier molecular flexibility index (Phi) is 6.03. The number of pyridine rings is 1. The van der Waals surface area contributed by atoms with Gasteiger partial charge in [0.05, 0.1) is 47.5 Å². The Balaban J connectivity index is 1.47. The number of hydrogen-bond donors (Lipinski definition) is 3. The molecule has 2 fully saturated rings. The molecule has 0 bridgehead atoms. The first-order valence-electron chi connectivity index (χ1n) is 11.2. The molecule has 0 radical (unpaired) electrons. The highest BCUT2D eigenvalue weighted by molar-refractivity contribution is 7.89. The van der Waals surface area contributed by atoms with Crippen molar-refractivity contribution in [1.29, 1.82) is 5.26 Å². The summed E-state index contributed by atoms with van der Waals surface area (Å²) in [5.41, 5.74) is 2.54. The second-order valence-corrected chi connectivity index (χ2v) is 10.3. The number of anilines is 3. The van der Waals surface area contributed by atoms with Crippen LogP contribution in [0, 0.1) is 11.3 Å². The topological polar surface area (TPSA) is 132 Å². The summed E-state index contributed by atoms with van der Waals surface area (Å²) in [7, 11) is -2.15. The third-order valence-corrected chi connectivity index (χ3v) is 8.17. The standard InChI is InChI=1S/C23H26N6O4S/c1-32-20-11-17(34(30,31)29-7-9-33-10-8-29)5-6-18(20)27-21-12-19(26-16-3-2-4-16)22-15(13-24)14-25-23(22)28-21/h5-6,11-12,14,16H,2-4,7-10H2,1H3,(H3,25,26,27,28). The van der Waals surface area contributed by atoms with Gasteiger partial charge in [-0.1, -0.05) is 0 Å². The molecule has 34 heavy (non-hydrogen) atoms. The lowest BCUT2D eigenvalue weighted by Gasteiger charge is -2.28. The Morgan fingerprint density at radius 2 is 2.03 bits per heavy atom. The SMILES string of the molecule is COc1cc(S(=O)(=O)N2CCOCC2)ccc1Nc1cc(NC2CCC2)c2c(C#N)c[nH]c2n1. The van der Waals surface area contributed by atoms with Gasteiger partial charge in [-0.25, -0.2) is 13.4 Å². The van der Waals surface area contributed by atoms with Gasteiger partial charge in [-0.2, -0.15) is 9.57 Å². The van der Waals surface area contributed by atoms with E-state index in [2.05, 4.69) is 26.7 Å². The van der Waals surface area contributed by atoms with Gasteiger partial charge in [0.1, 0.15) is 23.3 Å². The zero-order chi connectivity index (χ0) is 23.7. The molecule has 3 aromatic rings. The Hall–Kier alpha value is -3.33. The van der Waals surface area contributed by atoms with Gasteiger partial charge in [0, 0.05) is 37.5 Å². The fourth-order valence-electron chi connectivity index (χ4n) is 4.18. The van der Waals surface area contributed by atoms with Crippen LogP contribution in [-0.2, 0) is 14.8 Å². The highest BCUT2D eigenvalue weighted by Gasteiger charge is 2.27. The molecule has 0 spiro atoms. The zero-order valence-electron chi connectivity index (χ0n) is 18.8. The second-order valence-electron chi connectivity index (χ2n) is 8.37. The van der Waals surface area contributed by atoms with Crippen molar-refractivity contribution in [3.63, 3.8) is 0 Å². The van der Waals surface area contributed by atoms with E-state index in [1.807, 2.05) is 6.07 Å². The molecule has 1 saturated heterocycles. The van der Waals surface area contributed by atoms with Crippen LogP contribution in [0.25, 0.3) is 11.0 Å². The molecule has 3 heterocycles. The summed E-state index contributed by atoms with van der Waals surface area (Å²) in [6.45, 7) is 1.42. The molecule has 1 saturated carbocycles. The summed E-state index contributed by atoms with van der Waals surface area (Å²) in [5, 5.41) is 17.0. The van der Waals surface area contributed by atoms with E-state index in [0.717, 1.165) is 23.9 Å². The van der Waals surface area contributed by atoms with Crippen LogP contribution < -0.4 is 15.4 Å². The van der Waals surface area contributed by atoms with Crippen LogP contribution in [0.3, 0.4) is 0 Å². The first-order valence-corrected chi connectivity index (χ1v) is 12.7. The number of rotatable bonds is 7. The number of morpholine rings is 1. The molecule has 10 nitrogen and oxygen atoms in total. The van der Waals surface area contributed by atoms with Gasteiger partial charge in [-0.05, 0) is 31.4 Å². The van der Waals surface area contributed by atoms with Crippen LogP contribution in [0.2, 0.25) is 0 Å². The van der Waals surface area contributed by atoms with E-state index in [0.29, 0.717) is 60.8 Å². The minimum Gasteiger partial charge on any atom is -0.495 e. The first kappa shape index (κ1) is 22.5. The highest BCUT2D eigenvalue weighted by Crippen LogP contribution is 2.35. The summed E-state index contributed by atoms with van der Waals surface area (Å²) < 4.78 is 38.3. The number of fused-ring (bicyclic) bond motifs is 1. The molecule has 2 aliphatic rings. The summed E-state index contributed by atoms with van der Waals surface area (Å²) in [4.78, 5) is 7.85. The van der Waals surface area contributed by atoms with E-state index in [1.165, 1.54) is 23.9 Å². The molecule has 0 unspecified atom stereocenters. The Bertz CT molecular complexity index is 1350.